The second kappa shape index (κ2) is 10.6. The zero-order valence-corrected chi connectivity index (χ0v) is 18.2. The fourth-order valence-corrected chi connectivity index (χ4v) is 3.63. The molecular formula is C30H27FO. The van der Waals surface area contributed by atoms with Crippen LogP contribution < -0.4 is 4.74 Å². The van der Waals surface area contributed by atoms with E-state index in [2.05, 4.69) is 73.7 Å². The minimum atomic E-state index is -0.220. The molecular weight excluding hydrogens is 395 g/mol. The lowest BCUT2D eigenvalue weighted by molar-refractivity contribution is 0.306. The lowest BCUT2D eigenvalue weighted by atomic mass is 9.94. The number of benzene rings is 4. The van der Waals surface area contributed by atoms with Gasteiger partial charge in [-0.15, -0.1) is 0 Å². The highest BCUT2D eigenvalue weighted by atomic mass is 19.1. The molecule has 4 rings (SSSR count). The first-order valence-corrected chi connectivity index (χ1v) is 10.9. The molecule has 4 aromatic rings. The van der Waals surface area contributed by atoms with Crippen LogP contribution in [0.15, 0.2) is 103 Å². The number of hydrogen-bond acceptors (Lipinski definition) is 1. The highest BCUT2D eigenvalue weighted by Gasteiger charge is 2.06. The molecule has 0 saturated carbocycles. The van der Waals surface area contributed by atoms with Gasteiger partial charge in [-0.1, -0.05) is 97.9 Å². The van der Waals surface area contributed by atoms with Crippen LogP contribution in [0.2, 0.25) is 0 Å². The largest absolute Gasteiger partial charge is 0.489 e. The maximum atomic E-state index is 13.0. The second-order valence-corrected chi connectivity index (χ2v) is 8.07. The average molecular weight is 423 g/mol. The molecule has 0 radical (unpaired) electrons. The van der Waals surface area contributed by atoms with Gasteiger partial charge in [0.2, 0.25) is 0 Å². The van der Waals surface area contributed by atoms with E-state index >= 15 is 0 Å². The van der Waals surface area contributed by atoms with Crippen molar-refractivity contribution in [3.8, 4) is 5.75 Å². The molecule has 32 heavy (non-hydrogen) atoms. The van der Waals surface area contributed by atoms with Crippen LogP contribution in [-0.4, -0.2) is 0 Å². The first-order chi connectivity index (χ1) is 15.7. The van der Waals surface area contributed by atoms with Crippen LogP contribution in [0.4, 0.5) is 4.39 Å². The summed E-state index contributed by atoms with van der Waals surface area (Å²) in [4.78, 5) is 0. The average Bonchev–Trinajstić information content (AvgIpc) is 2.84. The van der Waals surface area contributed by atoms with Crippen molar-refractivity contribution in [2.24, 2.45) is 0 Å². The van der Waals surface area contributed by atoms with E-state index in [9.17, 15) is 4.39 Å². The Morgan fingerprint density at radius 3 is 1.88 bits per heavy atom. The SMILES string of the molecule is CC(Cc1ccc(OCc2ccc(/C=C/c3ccc(F)cc3)cc2)cc1)c1ccccc1. The molecule has 0 aliphatic rings. The first kappa shape index (κ1) is 21.6. The molecule has 0 fully saturated rings. The molecule has 1 atom stereocenters. The van der Waals surface area contributed by atoms with Crippen molar-refractivity contribution in [3.63, 3.8) is 0 Å². The number of ether oxygens (including phenoxy) is 1. The van der Waals surface area contributed by atoms with E-state index in [1.807, 2.05) is 24.3 Å². The maximum absolute atomic E-state index is 13.0. The number of hydrogen-bond donors (Lipinski definition) is 0. The monoisotopic (exact) mass is 422 g/mol. The van der Waals surface area contributed by atoms with Gasteiger partial charge in [0, 0.05) is 0 Å². The molecule has 0 amide bonds. The maximum Gasteiger partial charge on any atom is 0.123 e. The van der Waals surface area contributed by atoms with Crippen LogP contribution >= 0.6 is 0 Å². The van der Waals surface area contributed by atoms with E-state index in [4.69, 9.17) is 4.74 Å². The van der Waals surface area contributed by atoms with Gasteiger partial charge in [0.05, 0.1) is 0 Å². The van der Waals surface area contributed by atoms with Crippen molar-refractivity contribution in [2.75, 3.05) is 0 Å². The predicted octanol–water partition coefficient (Wildman–Crippen LogP) is 7.92. The highest BCUT2D eigenvalue weighted by molar-refractivity contribution is 5.69. The third-order valence-corrected chi connectivity index (χ3v) is 5.56. The molecule has 1 unspecified atom stereocenters. The van der Waals surface area contributed by atoms with Gasteiger partial charge < -0.3 is 4.74 Å². The molecule has 0 aromatic heterocycles. The van der Waals surface area contributed by atoms with Crippen molar-refractivity contribution in [1.29, 1.82) is 0 Å². The van der Waals surface area contributed by atoms with E-state index in [0.717, 1.165) is 28.9 Å². The van der Waals surface area contributed by atoms with E-state index in [1.165, 1.54) is 23.3 Å². The molecule has 1 nitrogen and oxygen atoms in total. The first-order valence-electron chi connectivity index (χ1n) is 10.9. The van der Waals surface area contributed by atoms with Gasteiger partial charge in [-0.05, 0) is 64.4 Å². The zero-order valence-electron chi connectivity index (χ0n) is 18.2. The summed E-state index contributed by atoms with van der Waals surface area (Å²) in [5, 5.41) is 0. The standard InChI is InChI=1S/C30H27FO/c1-23(28-5-3-2-4-6-28)21-26-15-19-30(20-16-26)32-22-27-11-9-24(10-12-27)7-8-25-13-17-29(31)18-14-25/h2-20,23H,21-22H2,1H3/b8-7+. The molecule has 2 heteroatoms. The van der Waals surface area contributed by atoms with E-state index < -0.39 is 0 Å². The van der Waals surface area contributed by atoms with Gasteiger partial charge >= 0.3 is 0 Å². The van der Waals surface area contributed by atoms with Crippen LogP contribution in [0.1, 0.15) is 40.7 Å². The Morgan fingerprint density at radius 2 is 1.25 bits per heavy atom. The lowest BCUT2D eigenvalue weighted by Gasteiger charge is -2.13. The fourth-order valence-electron chi connectivity index (χ4n) is 3.63. The van der Waals surface area contributed by atoms with Gasteiger partial charge in [0.25, 0.3) is 0 Å². The summed E-state index contributed by atoms with van der Waals surface area (Å²) in [5.41, 5.74) is 5.86. The number of rotatable bonds is 8. The van der Waals surface area contributed by atoms with Crippen LogP contribution in [0.5, 0.6) is 5.75 Å². The smallest absolute Gasteiger partial charge is 0.123 e. The fraction of sp³-hybridized carbons (Fsp3) is 0.133. The van der Waals surface area contributed by atoms with E-state index in [0.29, 0.717) is 12.5 Å². The summed E-state index contributed by atoms with van der Waals surface area (Å²) in [6, 6.07) is 33.7. The normalized spacial score (nSPS) is 12.1. The summed E-state index contributed by atoms with van der Waals surface area (Å²) < 4.78 is 19.0. The Labute approximate surface area is 189 Å². The summed E-state index contributed by atoms with van der Waals surface area (Å²) in [6.07, 6.45) is 5.01. The number of halogens is 1. The molecule has 0 heterocycles. The predicted molar refractivity (Wildman–Crippen MR) is 131 cm³/mol. The molecule has 0 bridgehead atoms. The quantitative estimate of drug-likeness (QED) is 0.262. The van der Waals surface area contributed by atoms with Crippen molar-refractivity contribution < 1.29 is 9.13 Å². The highest BCUT2D eigenvalue weighted by Crippen LogP contribution is 2.22. The Balaban J connectivity index is 1.28. The van der Waals surface area contributed by atoms with Crippen molar-refractivity contribution in [1.82, 2.24) is 0 Å². The Hall–Kier alpha value is -3.65. The van der Waals surface area contributed by atoms with Crippen LogP contribution in [0.25, 0.3) is 12.2 Å². The minimum absolute atomic E-state index is 0.220. The second-order valence-electron chi connectivity index (χ2n) is 8.07. The lowest BCUT2D eigenvalue weighted by Crippen LogP contribution is -1.99. The van der Waals surface area contributed by atoms with E-state index in [-0.39, 0.29) is 5.82 Å². The van der Waals surface area contributed by atoms with Crippen molar-refractivity contribution in [3.05, 3.63) is 137 Å². The van der Waals surface area contributed by atoms with Crippen LogP contribution in [-0.2, 0) is 13.0 Å². The van der Waals surface area contributed by atoms with E-state index in [1.54, 1.807) is 12.1 Å². The van der Waals surface area contributed by atoms with Crippen molar-refractivity contribution >= 4 is 12.2 Å². The third kappa shape index (κ3) is 6.18. The third-order valence-electron chi connectivity index (χ3n) is 5.56. The molecule has 4 aromatic carbocycles. The van der Waals surface area contributed by atoms with Crippen LogP contribution in [0, 0.1) is 5.82 Å². The van der Waals surface area contributed by atoms with Gasteiger partial charge in [-0.2, -0.15) is 0 Å². The molecule has 160 valence electrons. The minimum Gasteiger partial charge on any atom is -0.489 e. The molecule has 0 saturated heterocycles. The molecule has 0 spiro atoms. The topological polar surface area (TPSA) is 9.23 Å². The van der Waals surface area contributed by atoms with Gasteiger partial charge in [0.15, 0.2) is 0 Å². The van der Waals surface area contributed by atoms with Gasteiger partial charge in [-0.3, -0.25) is 0 Å². The van der Waals surface area contributed by atoms with Crippen molar-refractivity contribution in [2.45, 2.75) is 25.9 Å². The van der Waals surface area contributed by atoms with Gasteiger partial charge in [-0.25, -0.2) is 4.39 Å². The summed E-state index contributed by atoms with van der Waals surface area (Å²) in [7, 11) is 0. The summed E-state index contributed by atoms with van der Waals surface area (Å²) in [6.45, 7) is 2.79. The Morgan fingerprint density at radius 1 is 0.688 bits per heavy atom. The molecule has 0 aliphatic heterocycles. The Bertz CT molecular complexity index is 1130. The summed E-state index contributed by atoms with van der Waals surface area (Å²) in [5.74, 6) is 1.14. The van der Waals surface area contributed by atoms with Gasteiger partial charge in [0.1, 0.15) is 18.2 Å². The Kier molecular flexibility index (Phi) is 7.14. The molecule has 0 N–H and O–H groups in total. The molecule has 0 aliphatic carbocycles. The zero-order chi connectivity index (χ0) is 22.2. The van der Waals surface area contributed by atoms with Crippen LogP contribution in [0.3, 0.4) is 0 Å². The summed E-state index contributed by atoms with van der Waals surface area (Å²) >= 11 is 0.